The van der Waals surface area contributed by atoms with E-state index in [2.05, 4.69) is 60.2 Å². The van der Waals surface area contributed by atoms with Crippen molar-refractivity contribution in [2.45, 2.75) is 94.2 Å². The van der Waals surface area contributed by atoms with E-state index in [9.17, 15) is 24.4 Å². The summed E-state index contributed by atoms with van der Waals surface area (Å²) in [7, 11) is 0. The van der Waals surface area contributed by atoms with Gasteiger partial charge in [0.1, 0.15) is 11.2 Å². The Morgan fingerprint density at radius 2 is 0.917 bits per heavy atom. The molecule has 2 aromatic heterocycles. The van der Waals surface area contributed by atoms with Gasteiger partial charge in [0.05, 0.1) is 12.3 Å². The molecular formula is C60H64INO8S2. The summed E-state index contributed by atoms with van der Waals surface area (Å²) in [5.74, 6) is 1.51. The van der Waals surface area contributed by atoms with Crippen LogP contribution in [0.4, 0.5) is 0 Å². The summed E-state index contributed by atoms with van der Waals surface area (Å²) in [6.45, 7) is 12.2. The fourth-order valence-electron chi connectivity index (χ4n) is 6.96. The lowest BCUT2D eigenvalue weighted by Gasteiger charge is -2.08. The Morgan fingerprint density at radius 1 is 0.556 bits per heavy atom. The molecule has 0 bridgehead atoms. The van der Waals surface area contributed by atoms with Gasteiger partial charge in [0, 0.05) is 60.4 Å². The number of alkyl halides is 1. The minimum absolute atomic E-state index is 0. The zero-order valence-electron chi connectivity index (χ0n) is 41.1. The normalized spacial score (nSPS) is 10.8. The van der Waals surface area contributed by atoms with Crippen molar-refractivity contribution in [1.82, 2.24) is 0 Å². The van der Waals surface area contributed by atoms with Gasteiger partial charge in [-0.05, 0) is 146 Å². The Balaban J connectivity index is 0.000000269. The number of carbonyl (C=O) groups excluding carboxylic acids is 4. The SMILES string of the molecule is C.CC(C)CC/C(=N/O)c1ccc(Sc2ccc(C(=O)c3cc4ccccc4o3)cc2)cc1.CC(C)CCC(=O)c1ccc(Sc2ccc(C(=O)c3cc4ccccc4o3)cc2)cc1.CCOC(C)=O.CI. The van der Waals surface area contributed by atoms with E-state index in [4.69, 9.17) is 8.83 Å². The first-order valence-electron chi connectivity index (χ1n) is 23.4. The largest absolute Gasteiger partial charge is 0.466 e. The minimum atomic E-state index is -0.211. The molecule has 0 saturated carbocycles. The first-order chi connectivity index (χ1) is 34.3. The molecular weight excluding hydrogens is 1050 g/mol. The van der Waals surface area contributed by atoms with Crippen molar-refractivity contribution in [3.05, 3.63) is 191 Å². The Kier molecular flexibility index (Phi) is 24.3. The fourth-order valence-corrected chi connectivity index (χ4v) is 8.60. The fraction of sp³-hybridized carbons (Fsp3) is 0.250. The molecule has 0 aliphatic heterocycles. The zero-order chi connectivity index (χ0) is 51.3. The molecule has 12 heteroatoms. The van der Waals surface area contributed by atoms with Crippen LogP contribution in [0.5, 0.6) is 0 Å². The maximum absolute atomic E-state index is 12.8. The van der Waals surface area contributed by atoms with Crippen LogP contribution >= 0.6 is 46.1 Å². The lowest BCUT2D eigenvalue weighted by atomic mass is 10.0. The number of ketones is 3. The average Bonchev–Trinajstić information content (AvgIpc) is 4.03. The van der Waals surface area contributed by atoms with Crippen molar-refractivity contribution >= 4 is 97.1 Å². The summed E-state index contributed by atoms with van der Waals surface area (Å²) < 4.78 is 15.8. The summed E-state index contributed by atoms with van der Waals surface area (Å²) in [6.07, 6.45) is 3.23. The highest BCUT2D eigenvalue weighted by Crippen LogP contribution is 2.31. The van der Waals surface area contributed by atoms with Crippen molar-refractivity contribution in [2.75, 3.05) is 11.5 Å². The molecule has 0 unspecified atom stereocenters. The summed E-state index contributed by atoms with van der Waals surface area (Å²) in [6, 6.07) is 49.6. The quantitative estimate of drug-likeness (QED) is 0.0178. The van der Waals surface area contributed by atoms with E-state index in [1.165, 1.54) is 6.92 Å². The Morgan fingerprint density at radius 3 is 1.25 bits per heavy atom. The van der Waals surface area contributed by atoms with Crippen molar-refractivity contribution in [2.24, 2.45) is 17.0 Å². The van der Waals surface area contributed by atoms with Crippen molar-refractivity contribution < 1.29 is 38.0 Å². The molecule has 8 aromatic rings. The van der Waals surface area contributed by atoms with E-state index in [1.54, 1.807) is 42.6 Å². The first-order valence-corrected chi connectivity index (χ1v) is 27.2. The van der Waals surface area contributed by atoms with Gasteiger partial charge in [0.2, 0.25) is 11.6 Å². The molecule has 8 rings (SSSR count). The lowest BCUT2D eigenvalue weighted by Crippen LogP contribution is -2.03. The number of carbonyl (C=O) groups is 4. The van der Waals surface area contributed by atoms with Crippen LogP contribution < -0.4 is 0 Å². The van der Waals surface area contributed by atoms with Crippen LogP contribution in [0, 0.1) is 11.8 Å². The number of fused-ring (bicyclic) bond motifs is 2. The maximum Gasteiger partial charge on any atom is 0.302 e. The minimum Gasteiger partial charge on any atom is -0.466 e. The summed E-state index contributed by atoms with van der Waals surface area (Å²) in [4.78, 5) is 53.8. The highest BCUT2D eigenvalue weighted by atomic mass is 127. The van der Waals surface area contributed by atoms with E-state index < -0.39 is 0 Å². The molecule has 0 aliphatic carbocycles. The number of Topliss-reactive ketones (excluding diaryl/α,β-unsaturated/α-hetero) is 1. The maximum atomic E-state index is 12.8. The second-order valence-corrected chi connectivity index (χ2v) is 19.3. The van der Waals surface area contributed by atoms with Crippen LogP contribution in [0.3, 0.4) is 0 Å². The van der Waals surface area contributed by atoms with Gasteiger partial charge in [-0.15, -0.1) is 0 Å². The first kappa shape index (κ1) is 58.4. The van der Waals surface area contributed by atoms with Gasteiger partial charge in [-0.3, -0.25) is 19.2 Å². The predicted molar refractivity (Wildman–Crippen MR) is 303 cm³/mol. The van der Waals surface area contributed by atoms with Crippen LogP contribution in [-0.2, 0) is 9.53 Å². The lowest BCUT2D eigenvalue weighted by molar-refractivity contribution is -0.140. The molecule has 0 atom stereocenters. The van der Waals surface area contributed by atoms with E-state index in [0.717, 1.165) is 60.7 Å². The number of furan rings is 2. The average molecular weight is 1120 g/mol. The molecule has 0 aliphatic rings. The van der Waals surface area contributed by atoms with Crippen LogP contribution in [0.1, 0.15) is 123 Å². The van der Waals surface area contributed by atoms with Crippen LogP contribution in [0.2, 0.25) is 0 Å². The molecule has 376 valence electrons. The molecule has 0 saturated heterocycles. The molecule has 0 fully saturated rings. The molecule has 9 nitrogen and oxygen atoms in total. The number of ether oxygens (including phenoxy) is 1. The number of nitrogens with zero attached hydrogens (tertiary/aromatic N) is 1. The smallest absolute Gasteiger partial charge is 0.302 e. The second kappa shape index (κ2) is 30.0. The number of oxime groups is 1. The number of benzene rings is 6. The number of esters is 1. The summed E-state index contributed by atoms with van der Waals surface area (Å²) in [5.41, 5.74) is 5.02. The van der Waals surface area contributed by atoms with E-state index >= 15 is 0 Å². The highest BCUT2D eigenvalue weighted by molar-refractivity contribution is 14.1. The standard InChI is InChI=1S/C27H25NO3S.C27H24O3S.C4H8O2.CH3I.CH4/c1-18(2)7-16-24(28-30)19-8-12-22(13-9-19)32-23-14-10-20(11-15-23)27(29)26-17-21-5-3-4-6-25(21)31-26;1-18(2)7-16-24(28)19-8-12-22(13-9-19)31-23-14-10-20(11-15-23)27(29)26-17-21-5-3-4-6-25(21)30-26;1-3-6-4(2)5;1-2;/h3-6,8-15,17-18,30H,7,16H2,1-2H3;3-6,8-15,17-18H,7,16H2,1-2H3;3H2,1-2H3;1H3;1H4/b28-24-;;;;. The van der Waals surface area contributed by atoms with Gasteiger partial charge in [-0.25, -0.2) is 0 Å². The molecule has 6 aromatic carbocycles. The Hall–Kier alpha value is -6.22. The van der Waals surface area contributed by atoms with Gasteiger partial charge in [-0.1, -0.05) is 147 Å². The third kappa shape index (κ3) is 17.8. The molecule has 72 heavy (non-hydrogen) atoms. The summed E-state index contributed by atoms with van der Waals surface area (Å²) in [5, 5.41) is 14.7. The van der Waals surface area contributed by atoms with E-state index in [1.807, 2.05) is 151 Å². The number of halogens is 1. The van der Waals surface area contributed by atoms with Gasteiger partial charge >= 0.3 is 5.97 Å². The Bertz CT molecular complexity index is 2930. The molecule has 1 N–H and O–H groups in total. The second-order valence-electron chi connectivity index (χ2n) is 17.0. The summed E-state index contributed by atoms with van der Waals surface area (Å²) >= 11 is 5.37. The van der Waals surface area contributed by atoms with Crippen molar-refractivity contribution in [3.63, 3.8) is 0 Å². The molecule has 0 radical (unpaired) electrons. The number of rotatable bonds is 17. The van der Waals surface area contributed by atoms with Gasteiger partial charge in [0.15, 0.2) is 17.3 Å². The van der Waals surface area contributed by atoms with Crippen LogP contribution in [0.15, 0.2) is 191 Å². The zero-order valence-corrected chi connectivity index (χ0v) is 44.9. The van der Waals surface area contributed by atoms with Crippen molar-refractivity contribution in [3.8, 4) is 0 Å². The van der Waals surface area contributed by atoms with Gasteiger partial charge < -0.3 is 18.8 Å². The van der Waals surface area contributed by atoms with E-state index in [0.29, 0.717) is 64.4 Å². The van der Waals surface area contributed by atoms with E-state index in [-0.39, 0.29) is 30.7 Å². The number of para-hydroxylation sites is 2. The van der Waals surface area contributed by atoms with Crippen LogP contribution in [-0.4, -0.2) is 45.8 Å². The molecule has 2 heterocycles. The van der Waals surface area contributed by atoms with Crippen molar-refractivity contribution in [1.29, 1.82) is 0 Å². The third-order valence-electron chi connectivity index (χ3n) is 10.7. The molecule has 0 amide bonds. The Labute approximate surface area is 446 Å². The highest BCUT2D eigenvalue weighted by Gasteiger charge is 2.17. The third-order valence-corrected chi connectivity index (χ3v) is 12.8. The topological polar surface area (TPSA) is 136 Å². The molecule has 0 spiro atoms. The van der Waals surface area contributed by atoms with Gasteiger partial charge in [-0.2, -0.15) is 0 Å². The van der Waals surface area contributed by atoms with Crippen LogP contribution in [0.25, 0.3) is 21.9 Å². The van der Waals surface area contributed by atoms with Gasteiger partial charge in [0.25, 0.3) is 0 Å². The predicted octanol–water partition coefficient (Wildman–Crippen LogP) is 17.1. The monoisotopic (exact) mass is 1120 g/mol. The number of hydrogen-bond acceptors (Lipinski definition) is 11. The number of hydrogen-bond donors (Lipinski definition) is 1.